The summed E-state index contributed by atoms with van der Waals surface area (Å²) in [6.07, 6.45) is 0. The molecule has 29 heavy (non-hydrogen) atoms. The molecule has 2 aromatic carbocycles. The molecule has 1 amide bonds. The number of rotatable bonds is 6. The van der Waals surface area contributed by atoms with Crippen molar-refractivity contribution in [1.82, 2.24) is 0 Å². The maximum Gasteiger partial charge on any atom is 0.341 e. The monoisotopic (exact) mass is 406 g/mol. The van der Waals surface area contributed by atoms with Gasteiger partial charge in [0, 0.05) is 16.5 Å². The van der Waals surface area contributed by atoms with Crippen molar-refractivity contribution >= 4 is 28.2 Å². The molecule has 0 atom stereocenters. The smallest absolute Gasteiger partial charge is 0.341 e. The van der Waals surface area contributed by atoms with Gasteiger partial charge >= 0.3 is 5.97 Å². The maximum absolute atomic E-state index is 12.7. The number of nitriles is 1. The molecule has 1 aromatic heterocycles. The average Bonchev–Trinajstić information content (AvgIpc) is 3.17. The second-order valence-corrected chi connectivity index (χ2v) is 6.83. The van der Waals surface area contributed by atoms with Crippen molar-refractivity contribution in [2.24, 2.45) is 0 Å². The topological polar surface area (TPSA) is 88.4 Å². The molecule has 1 N–H and O–H groups in total. The van der Waals surface area contributed by atoms with E-state index in [0.717, 1.165) is 5.56 Å². The molecule has 0 fully saturated rings. The van der Waals surface area contributed by atoms with Gasteiger partial charge in [-0.1, -0.05) is 18.2 Å². The second kappa shape index (κ2) is 9.04. The largest absolute Gasteiger partial charge is 0.497 e. The van der Waals surface area contributed by atoms with Crippen molar-refractivity contribution in [3.05, 3.63) is 70.6 Å². The molecule has 146 valence electrons. The fraction of sp³-hybridized carbons (Fsp3) is 0.136. The van der Waals surface area contributed by atoms with Crippen LogP contribution in [0.2, 0.25) is 0 Å². The number of benzene rings is 2. The standard InChI is InChI=1S/C22H18N2O4S/c1-3-28-22(26)19-18(15-7-9-17(27-2)10-8-15)13-29-21(19)24-20(25)16-6-4-5-14(11-16)12-23/h4-11,13H,3H2,1-2H3,(H,24,25). The van der Waals surface area contributed by atoms with E-state index >= 15 is 0 Å². The van der Waals surface area contributed by atoms with Crippen LogP contribution in [-0.4, -0.2) is 25.6 Å². The Morgan fingerprint density at radius 1 is 1.17 bits per heavy atom. The summed E-state index contributed by atoms with van der Waals surface area (Å²) in [5.41, 5.74) is 2.48. The van der Waals surface area contributed by atoms with Crippen LogP contribution in [0.1, 0.15) is 33.2 Å². The first-order valence-electron chi connectivity index (χ1n) is 8.82. The lowest BCUT2D eigenvalue weighted by atomic mass is 10.0. The third kappa shape index (κ3) is 4.45. The van der Waals surface area contributed by atoms with Crippen molar-refractivity contribution in [2.45, 2.75) is 6.92 Å². The van der Waals surface area contributed by atoms with Gasteiger partial charge in [0.05, 0.1) is 25.3 Å². The van der Waals surface area contributed by atoms with E-state index in [2.05, 4.69) is 5.32 Å². The van der Waals surface area contributed by atoms with E-state index in [4.69, 9.17) is 14.7 Å². The molecule has 0 aliphatic rings. The Morgan fingerprint density at radius 3 is 2.59 bits per heavy atom. The van der Waals surface area contributed by atoms with Crippen LogP contribution in [0.5, 0.6) is 5.75 Å². The number of nitrogens with zero attached hydrogens (tertiary/aromatic N) is 1. The number of hydrogen-bond donors (Lipinski definition) is 1. The summed E-state index contributed by atoms with van der Waals surface area (Å²) >= 11 is 1.24. The number of carbonyl (C=O) groups excluding carboxylic acids is 2. The Labute approximate surface area is 172 Å². The first-order valence-corrected chi connectivity index (χ1v) is 9.70. The van der Waals surface area contributed by atoms with Crippen molar-refractivity contribution in [3.8, 4) is 22.9 Å². The number of methoxy groups -OCH3 is 1. The number of ether oxygens (including phenoxy) is 2. The maximum atomic E-state index is 12.7. The first kappa shape index (κ1) is 20.1. The molecule has 7 heteroatoms. The molecule has 0 saturated heterocycles. The van der Waals surface area contributed by atoms with Gasteiger partial charge in [0.1, 0.15) is 16.3 Å². The first-order chi connectivity index (χ1) is 14.1. The summed E-state index contributed by atoms with van der Waals surface area (Å²) in [5.74, 6) is -0.219. The van der Waals surface area contributed by atoms with E-state index < -0.39 is 11.9 Å². The van der Waals surface area contributed by atoms with Crippen LogP contribution < -0.4 is 10.1 Å². The minimum absolute atomic E-state index is 0.217. The molecule has 0 radical (unpaired) electrons. The Morgan fingerprint density at radius 2 is 1.93 bits per heavy atom. The molecule has 0 saturated carbocycles. The van der Waals surface area contributed by atoms with Crippen LogP contribution in [0, 0.1) is 11.3 Å². The predicted molar refractivity (Wildman–Crippen MR) is 111 cm³/mol. The Kier molecular flexibility index (Phi) is 6.27. The molecule has 0 unspecified atom stereocenters. The van der Waals surface area contributed by atoms with Gasteiger partial charge < -0.3 is 14.8 Å². The third-order valence-corrected chi connectivity index (χ3v) is 5.05. The molecule has 0 aliphatic heterocycles. The number of hydrogen-bond acceptors (Lipinski definition) is 6. The van der Waals surface area contributed by atoms with Crippen LogP contribution in [-0.2, 0) is 4.74 Å². The van der Waals surface area contributed by atoms with Gasteiger partial charge in [0.2, 0.25) is 0 Å². The zero-order chi connectivity index (χ0) is 20.8. The lowest BCUT2D eigenvalue weighted by Gasteiger charge is -2.09. The van der Waals surface area contributed by atoms with Gasteiger partial charge in [-0.05, 0) is 42.8 Å². The highest BCUT2D eigenvalue weighted by Gasteiger charge is 2.23. The van der Waals surface area contributed by atoms with Crippen molar-refractivity contribution in [2.75, 3.05) is 19.0 Å². The summed E-state index contributed by atoms with van der Waals surface area (Å²) in [5, 5.41) is 14.0. The zero-order valence-electron chi connectivity index (χ0n) is 15.9. The number of carbonyl (C=O) groups is 2. The number of anilines is 1. The molecule has 6 nitrogen and oxygen atoms in total. The predicted octanol–water partition coefficient (Wildman–Crippen LogP) is 4.72. The SMILES string of the molecule is CCOC(=O)c1c(-c2ccc(OC)cc2)csc1NC(=O)c1cccc(C#N)c1. The summed E-state index contributed by atoms with van der Waals surface area (Å²) < 4.78 is 10.4. The minimum atomic E-state index is -0.513. The number of esters is 1. The molecule has 3 aromatic rings. The Bertz CT molecular complexity index is 1080. The van der Waals surface area contributed by atoms with E-state index in [9.17, 15) is 9.59 Å². The molecule has 3 rings (SSSR count). The molecule has 0 bridgehead atoms. The average molecular weight is 406 g/mol. The highest BCUT2D eigenvalue weighted by Crippen LogP contribution is 2.37. The molecular weight excluding hydrogens is 388 g/mol. The van der Waals surface area contributed by atoms with E-state index in [1.165, 1.54) is 17.4 Å². The lowest BCUT2D eigenvalue weighted by Crippen LogP contribution is -2.15. The highest BCUT2D eigenvalue weighted by atomic mass is 32.1. The molecule has 1 heterocycles. The van der Waals surface area contributed by atoms with Gasteiger partial charge in [-0.15, -0.1) is 11.3 Å². The van der Waals surface area contributed by atoms with Gasteiger partial charge in [0.15, 0.2) is 0 Å². The molecule has 0 aliphatic carbocycles. The number of nitrogens with one attached hydrogen (secondary N) is 1. The highest BCUT2D eigenvalue weighted by molar-refractivity contribution is 7.15. The van der Waals surface area contributed by atoms with Gasteiger partial charge in [0.25, 0.3) is 5.91 Å². The van der Waals surface area contributed by atoms with Crippen LogP contribution in [0.4, 0.5) is 5.00 Å². The fourth-order valence-corrected chi connectivity index (χ4v) is 3.70. The quantitative estimate of drug-likeness (QED) is 0.598. The second-order valence-electron chi connectivity index (χ2n) is 5.95. The van der Waals surface area contributed by atoms with Crippen molar-refractivity contribution < 1.29 is 19.1 Å². The lowest BCUT2D eigenvalue weighted by molar-refractivity contribution is 0.0529. The normalized spacial score (nSPS) is 10.1. The molecule has 0 spiro atoms. The van der Waals surface area contributed by atoms with E-state index in [0.29, 0.717) is 33.0 Å². The number of thiophene rings is 1. The Hall–Kier alpha value is -3.63. The van der Waals surface area contributed by atoms with Gasteiger partial charge in [-0.3, -0.25) is 4.79 Å². The van der Waals surface area contributed by atoms with Crippen LogP contribution in [0.15, 0.2) is 53.9 Å². The van der Waals surface area contributed by atoms with Gasteiger partial charge in [-0.25, -0.2) is 4.79 Å². The number of amides is 1. The van der Waals surface area contributed by atoms with E-state index in [-0.39, 0.29) is 6.61 Å². The Balaban J connectivity index is 1.97. The van der Waals surface area contributed by atoms with Crippen LogP contribution >= 0.6 is 11.3 Å². The fourth-order valence-electron chi connectivity index (χ4n) is 2.74. The van der Waals surface area contributed by atoms with E-state index in [1.807, 2.05) is 18.2 Å². The third-order valence-electron chi connectivity index (χ3n) is 4.15. The van der Waals surface area contributed by atoms with Gasteiger partial charge in [-0.2, -0.15) is 5.26 Å². The van der Waals surface area contributed by atoms with E-state index in [1.54, 1.807) is 49.7 Å². The summed E-state index contributed by atoms with van der Waals surface area (Å²) in [6.45, 7) is 1.94. The van der Waals surface area contributed by atoms with Crippen LogP contribution in [0.3, 0.4) is 0 Å². The minimum Gasteiger partial charge on any atom is -0.497 e. The van der Waals surface area contributed by atoms with Crippen LogP contribution in [0.25, 0.3) is 11.1 Å². The summed E-state index contributed by atoms with van der Waals surface area (Å²) in [4.78, 5) is 25.3. The van der Waals surface area contributed by atoms with Crippen molar-refractivity contribution in [1.29, 1.82) is 5.26 Å². The molecular formula is C22H18N2O4S. The van der Waals surface area contributed by atoms with Crippen molar-refractivity contribution in [3.63, 3.8) is 0 Å². The summed E-state index contributed by atoms with van der Waals surface area (Å²) in [6, 6.07) is 15.6. The summed E-state index contributed by atoms with van der Waals surface area (Å²) in [7, 11) is 1.58. The zero-order valence-corrected chi connectivity index (χ0v) is 16.7.